The quantitative estimate of drug-likeness (QED) is 0.536. The van der Waals surface area contributed by atoms with Crippen molar-refractivity contribution in [3.05, 3.63) is 82.4 Å². The summed E-state index contributed by atoms with van der Waals surface area (Å²) in [7, 11) is 0. The first-order valence-electron chi connectivity index (χ1n) is 9.60. The fourth-order valence-electron chi connectivity index (χ4n) is 4.31. The number of aliphatic carboxylic acids is 1. The normalized spacial score (nSPS) is 18.6. The number of alkyl halides is 3. The topological polar surface area (TPSA) is 40.5 Å². The van der Waals surface area contributed by atoms with Crippen molar-refractivity contribution in [1.82, 2.24) is 4.90 Å². The van der Waals surface area contributed by atoms with Crippen LogP contribution in [0, 0.1) is 0 Å². The number of carboxylic acid groups (broad SMARTS) is 1. The average molecular weight is 434 g/mol. The Labute approximate surface area is 176 Å². The van der Waals surface area contributed by atoms with Crippen LogP contribution in [0.5, 0.6) is 0 Å². The molecule has 156 valence electrons. The van der Waals surface area contributed by atoms with E-state index in [9.17, 15) is 23.1 Å². The van der Waals surface area contributed by atoms with E-state index >= 15 is 0 Å². The zero-order chi connectivity index (χ0) is 21.5. The van der Waals surface area contributed by atoms with E-state index in [1.165, 1.54) is 6.07 Å². The third kappa shape index (κ3) is 3.77. The first-order valence-corrected chi connectivity index (χ1v) is 9.98. The molecule has 0 bridgehead atoms. The van der Waals surface area contributed by atoms with Gasteiger partial charge in [0.2, 0.25) is 0 Å². The Bertz CT molecular complexity index is 1090. The van der Waals surface area contributed by atoms with Gasteiger partial charge in [0.25, 0.3) is 0 Å². The molecule has 0 amide bonds. The van der Waals surface area contributed by atoms with Gasteiger partial charge in [-0.05, 0) is 52.9 Å². The monoisotopic (exact) mass is 433 g/mol. The summed E-state index contributed by atoms with van der Waals surface area (Å²) in [6, 6.07) is 14.9. The van der Waals surface area contributed by atoms with Crippen molar-refractivity contribution in [1.29, 1.82) is 0 Å². The minimum Gasteiger partial charge on any atom is -0.480 e. The maximum Gasteiger partial charge on any atom is 0.416 e. The van der Waals surface area contributed by atoms with Gasteiger partial charge < -0.3 is 5.11 Å². The molecule has 4 rings (SSSR count). The summed E-state index contributed by atoms with van der Waals surface area (Å²) in [6.07, 6.45) is -3.44. The van der Waals surface area contributed by atoms with Crippen LogP contribution >= 0.6 is 11.6 Å². The summed E-state index contributed by atoms with van der Waals surface area (Å²) >= 11 is 6.41. The summed E-state index contributed by atoms with van der Waals surface area (Å²) in [5.74, 6) is -0.985. The predicted molar refractivity (Wildman–Crippen MR) is 110 cm³/mol. The van der Waals surface area contributed by atoms with Gasteiger partial charge in [0.05, 0.1) is 11.6 Å². The second kappa shape index (κ2) is 7.93. The van der Waals surface area contributed by atoms with E-state index in [0.29, 0.717) is 19.4 Å². The highest BCUT2D eigenvalue weighted by molar-refractivity contribution is 6.31. The highest BCUT2D eigenvalue weighted by Gasteiger charge is 2.39. The molecule has 3 aromatic carbocycles. The summed E-state index contributed by atoms with van der Waals surface area (Å²) in [5, 5.41) is 11.7. The van der Waals surface area contributed by atoms with Crippen LogP contribution in [0.3, 0.4) is 0 Å². The Morgan fingerprint density at radius 3 is 2.53 bits per heavy atom. The van der Waals surface area contributed by atoms with Gasteiger partial charge >= 0.3 is 12.1 Å². The third-order valence-corrected chi connectivity index (χ3v) is 5.99. The van der Waals surface area contributed by atoms with Crippen LogP contribution in [0.25, 0.3) is 10.8 Å². The molecule has 0 saturated carbocycles. The van der Waals surface area contributed by atoms with Gasteiger partial charge in [-0.15, -0.1) is 0 Å². The molecule has 7 heteroatoms. The lowest BCUT2D eigenvalue weighted by Gasteiger charge is -2.33. The summed E-state index contributed by atoms with van der Waals surface area (Å²) in [6.45, 7) is 0.456. The molecule has 2 atom stereocenters. The second-order valence-corrected chi connectivity index (χ2v) is 7.85. The molecular weight excluding hydrogens is 415 g/mol. The number of rotatable bonds is 4. The largest absolute Gasteiger partial charge is 0.480 e. The van der Waals surface area contributed by atoms with Crippen LogP contribution in [0.4, 0.5) is 13.2 Å². The predicted octanol–water partition coefficient (Wildman–Crippen LogP) is 6.15. The number of halogens is 4. The molecule has 1 fully saturated rings. The van der Waals surface area contributed by atoms with Crippen LogP contribution in [0.2, 0.25) is 5.02 Å². The zero-order valence-corrected chi connectivity index (χ0v) is 16.6. The number of hydrogen-bond donors (Lipinski definition) is 1. The van der Waals surface area contributed by atoms with Gasteiger partial charge in [0.1, 0.15) is 6.04 Å². The molecule has 1 N–H and O–H groups in total. The Hall–Kier alpha value is -2.57. The molecular formula is C23H19ClF3NO2. The Balaban J connectivity index is 1.97. The summed E-state index contributed by atoms with van der Waals surface area (Å²) in [5.41, 5.74) is 0.191. The minimum atomic E-state index is -4.53. The van der Waals surface area contributed by atoms with Gasteiger partial charge in [-0.2, -0.15) is 13.2 Å². The van der Waals surface area contributed by atoms with Gasteiger partial charge in [-0.3, -0.25) is 9.69 Å². The lowest BCUT2D eigenvalue weighted by Crippen LogP contribution is -2.39. The first-order chi connectivity index (χ1) is 14.3. The third-order valence-electron chi connectivity index (χ3n) is 5.65. The fraction of sp³-hybridized carbons (Fsp3) is 0.261. The van der Waals surface area contributed by atoms with Crippen molar-refractivity contribution in [2.45, 2.75) is 31.1 Å². The highest BCUT2D eigenvalue weighted by Crippen LogP contribution is 2.42. The van der Waals surface area contributed by atoms with Crippen LogP contribution in [0.1, 0.15) is 35.6 Å². The lowest BCUT2D eigenvalue weighted by atomic mass is 9.91. The Kier molecular flexibility index (Phi) is 5.47. The first kappa shape index (κ1) is 20.7. The maximum atomic E-state index is 13.4. The molecule has 0 aromatic heterocycles. The number of carbonyl (C=O) groups is 1. The lowest BCUT2D eigenvalue weighted by molar-refractivity contribution is -0.143. The fourth-order valence-corrected chi connectivity index (χ4v) is 4.53. The molecule has 3 aromatic rings. The Morgan fingerprint density at radius 1 is 1.07 bits per heavy atom. The van der Waals surface area contributed by atoms with Crippen molar-refractivity contribution < 1.29 is 23.1 Å². The molecule has 1 aliphatic heterocycles. The molecule has 0 radical (unpaired) electrons. The standard InChI is InChI=1S/C23H19ClF3NO2/c24-19-11-10-15(23(25,26)27)13-18(19)21(28-12-4-9-20(28)22(29)30)17-8-3-6-14-5-1-2-7-16(14)17/h1-3,5-8,10-11,13,20-21H,4,9,12H2,(H,29,30). The Morgan fingerprint density at radius 2 is 1.80 bits per heavy atom. The van der Waals surface area contributed by atoms with Crippen molar-refractivity contribution in [2.75, 3.05) is 6.54 Å². The summed E-state index contributed by atoms with van der Waals surface area (Å²) in [4.78, 5) is 13.7. The van der Waals surface area contributed by atoms with Crippen molar-refractivity contribution >= 4 is 28.3 Å². The number of hydrogen-bond acceptors (Lipinski definition) is 2. The number of benzene rings is 3. The van der Waals surface area contributed by atoms with Crippen molar-refractivity contribution in [2.24, 2.45) is 0 Å². The zero-order valence-electron chi connectivity index (χ0n) is 15.9. The van der Waals surface area contributed by atoms with E-state index in [1.807, 2.05) is 42.5 Å². The number of carboxylic acids is 1. The van der Waals surface area contributed by atoms with Gasteiger partial charge in [0, 0.05) is 11.6 Å². The molecule has 1 saturated heterocycles. The molecule has 0 spiro atoms. The van der Waals surface area contributed by atoms with Crippen molar-refractivity contribution in [3.63, 3.8) is 0 Å². The molecule has 2 unspecified atom stereocenters. The minimum absolute atomic E-state index is 0.178. The molecule has 1 aliphatic rings. The van der Waals surface area contributed by atoms with E-state index in [0.717, 1.165) is 28.5 Å². The molecule has 30 heavy (non-hydrogen) atoms. The molecule has 1 heterocycles. The number of fused-ring (bicyclic) bond motifs is 1. The van der Waals surface area contributed by atoms with Crippen LogP contribution in [0.15, 0.2) is 60.7 Å². The number of nitrogens with zero attached hydrogens (tertiary/aromatic N) is 1. The SMILES string of the molecule is O=C(O)C1CCCN1C(c1cc(C(F)(F)F)ccc1Cl)c1cccc2ccccc12. The van der Waals surface area contributed by atoms with Gasteiger partial charge in [0.15, 0.2) is 0 Å². The molecule has 0 aliphatic carbocycles. The van der Waals surface area contributed by atoms with Crippen LogP contribution in [-0.4, -0.2) is 28.6 Å². The van der Waals surface area contributed by atoms with Gasteiger partial charge in [-0.1, -0.05) is 54.1 Å². The summed E-state index contributed by atoms with van der Waals surface area (Å²) < 4.78 is 40.3. The van der Waals surface area contributed by atoms with E-state index in [1.54, 1.807) is 4.90 Å². The van der Waals surface area contributed by atoms with Crippen LogP contribution < -0.4 is 0 Å². The average Bonchev–Trinajstić information content (AvgIpc) is 3.19. The molecule has 3 nitrogen and oxygen atoms in total. The van der Waals surface area contributed by atoms with E-state index < -0.39 is 29.8 Å². The van der Waals surface area contributed by atoms with Crippen molar-refractivity contribution in [3.8, 4) is 0 Å². The van der Waals surface area contributed by atoms with Crippen LogP contribution in [-0.2, 0) is 11.0 Å². The smallest absolute Gasteiger partial charge is 0.416 e. The number of likely N-dealkylation sites (tertiary alicyclic amines) is 1. The van der Waals surface area contributed by atoms with Gasteiger partial charge in [-0.25, -0.2) is 0 Å². The highest BCUT2D eigenvalue weighted by atomic mass is 35.5. The second-order valence-electron chi connectivity index (χ2n) is 7.44. The maximum absolute atomic E-state index is 13.4. The van der Waals surface area contributed by atoms with E-state index in [4.69, 9.17) is 11.6 Å². The van der Waals surface area contributed by atoms with E-state index in [2.05, 4.69) is 0 Å². The van der Waals surface area contributed by atoms with E-state index in [-0.39, 0.29) is 10.6 Å².